The standard InChI is InChI=1S/C12H4Br2N6S2Se2.C12H4N6O4S3.C12H6N6S2Se2.C12H12N6S2.C6Br2N4O4S.3C4H9.C3H2NS.CH4.O2Se.Sn/c13-11-15-1-3(21-11)5-7-9(19-23-17-7)6(4-2-16-12(14)22-4)10-8(5)18-24-20-10;19-17(20)11-7(5-1-13-3-23-5)9-10(16-25-15-9)8(12(11)18(21)22)6-2-14-4-24-6;1-5(19-3-13-1)7-9-11(17-21-15-9)8(6-2-14-4-20-6)12-10(7)16-22-18-12;13-9-7(5-1-17-3-19-5)10(14)12(16)8(11(9)15)6-2-18-4-20-6;7-1-3-4(10-17-9-3)2(8)6(12(15)16)5(1)11(13)14;3*1-3-4-2;1-2-5-3-4-1;;1-3-2;/h1-2,23H,(H,17,19);1-4H;1-4,21H,(H,15,17);1-4H,13-16H2;;3*1,3-4H2,2H3;1,3H;1H4;;. The van der Waals surface area contributed by atoms with Gasteiger partial charge in [-0.05, 0) is 31.9 Å². The third-order valence-electron chi connectivity index (χ3n) is 19.1. The van der Waals surface area contributed by atoms with Crippen LogP contribution in [0.15, 0.2) is 119 Å². The summed E-state index contributed by atoms with van der Waals surface area (Å²) >= 11 is 23.5. The number of rotatable bonds is 22. The monoisotopic (exact) mass is 2650 g/mol. The van der Waals surface area contributed by atoms with E-state index in [9.17, 15) is 40.5 Å². The fourth-order valence-electron chi connectivity index (χ4n) is 13.5. The molecule has 0 bridgehead atoms. The molecule has 0 amide bonds. The summed E-state index contributed by atoms with van der Waals surface area (Å²) in [6, 6.07) is 0. The third kappa shape index (κ3) is 21.3. The van der Waals surface area contributed by atoms with Gasteiger partial charge in [-0.25, -0.2) is 0 Å². The second-order valence-corrected chi connectivity index (χ2v) is 59.0. The summed E-state index contributed by atoms with van der Waals surface area (Å²) < 4.78 is 76.3. The molecule has 2 aliphatic heterocycles. The molecule has 0 spiro atoms. The number of nitrogens with one attached hydrogen (secondary N) is 2. The van der Waals surface area contributed by atoms with Gasteiger partial charge < -0.3 is 22.9 Å². The maximum absolute atomic E-state index is 11.8. The van der Waals surface area contributed by atoms with Crippen LogP contribution in [0.2, 0.25) is 13.3 Å². The number of nitro benzene ring substituents is 4. The van der Waals surface area contributed by atoms with Crippen molar-refractivity contribution in [1.82, 2.24) is 78.3 Å². The van der Waals surface area contributed by atoms with E-state index in [1.807, 2.05) is 47.1 Å². The molecule has 0 atom stereocenters. The van der Waals surface area contributed by atoms with Gasteiger partial charge in [-0.3, -0.25) is 60.4 Å². The van der Waals surface area contributed by atoms with Crippen molar-refractivity contribution in [2.24, 2.45) is 7.92 Å². The Kier molecular flexibility index (Phi) is 35.5. The van der Waals surface area contributed by atoms with E-state index in [4.69, 9.17) is 50.5 Å². The molecule has 20 rings (SSSR count). The van der Waals surface area contributed by atoms with E-state index < -0.39 is 75.6 Å². The molecule has 15 heterocycles. The first kappa shape index (κ1) is 100.0. The van der Waals surface area contributed by atoms with Gasteiger partial charge in [0.2, 0.25) is 0 Å². The van der Waals surface area contributed by atoms with Gasteiger partial charge >= 0.3 is 487 Å². The van der Waals surface area contributed by atoms with Gasteiger partial charge in [-0.2, -0.15) is 17.5 Å². The normalized spacial score (nSPS) is 11.6. The molecular formula is C70H59Br4N29O10S11Se5Sn. The number of thiazole rings is 9. The summed E-state index contributed by atoms with van der Waals surface area (Å²) in [5.41, 5.74) is 50.6. The van der Waals surface area contributed by atoms with E-state index in [-0.39, 0.29) is 109 Å². The van der Waals surface area contributed by atoms with E-state index in [1.54, 1.807) is 85.0 Å². The Labute approximate surface area is 847 Å². The van der Waals surface area contributed by atoms with Crippen molar-refractivity contribution in [2.45, 2.75) is 80.0 Å². The molecule has 130 heavy (non-hydrogen) atoms. The number of anilines is 6. The number of unbranched alkanes of at least 4 members (excludes halogenated alkanes) is 3. The molecule has 0 unspecified atom stereocenters. The van der Waals surface area contributed by atoms with E-state index >= 15 is 0 Å². The number of nitrogens with zero attached hydrogens (tertiary/aromatic N) is 23. The van der Waals surface area contributed by atoms with Crippen molar-refractivity contribution in [3.63, 3.8) is 0 Å². The molecule has 672 valence electrons. The van der Waals surface area contributed by atoms with Crippen LogP contribution in [0.1, 0.15) is 66.7 Å². The summed E-state index contributed by atoms with van der Waals surface area (Å²) in [4.78, 5) is 86.3. The average Bonchev–Trinajstić information content (AvgIpc) is 1.63. The van der Waals surface area contributed by atoms with Crippen molar-refractivity contribution in [3.8, 4) is 83.5 Å². The third-order valence-corrected chi connectivity index (χ3v) is 53.3. The Hall–Kier alpha value is -7.47. The second kappa shape index (κ2) is 46.2. The molecule has 0 aliphatic carbocycles. The summed E-state index contributed by atoms with van der Waals surface area (Å²) in [5.74, 6) is 0. The van der Waals surface area contributed by atoms with Crippen molar-refractivity contribution >= 4 is 398 Å². The van der Waals surface area contributed by atoms with Crippen LogP contribution < -0.4 is 34.5 Å². The number of hydrogen-bond donors (Lipinski definition) is 6. The van der Waals surface area contributed by atoms with Crippen molar-refractivity contribution in [2.75, 3.05) is 31.6 Å². The van der Waals surface area contributed by atoms with Crippen LogP contribution in [0.4, 0.5) is 68.2 Å². The number of nitrogens with two attached hydrogens (primary N) is 4. The van der Waals surface area contributed by atoms with Crippen LogP contribution in [0.3, 0.4) is 0 Å². The Balaban J connectivity index is 0.000000133. The first-order valence-corrected chi connectivity index (χ1v) is 64.6. The minimum atomic E-state index is -2.08. The first-order valence-electron chi connectivity index (χ1n) is 36.6. The summed E-state index contributed by atoms with van der Waals surface area (Å²) in [6.07, 6.45) is 24.4. The molecule has 5 aromatic carbocycles. The van der Waals surface area contributed by atoms with Gasteiger partial charge in [-0.1, -0.05) is 7.43 Å². The van der Waals surface area contributed by atoms with E-state index in [2.05, 4.69) is 171 Å². The van der Waals surface area contributed by atoms with Gasteiger partial charge in [0.1, 0.15) is 42.1 Å². The van der Waals surface area contributed by atoms with Gasteiger partial charge in [0, 0.05) is 35.9 Å². The summed E-state index contributed by atoms with van der Waals surface area (Å²) in [5, 5.41) is 45.3. The molecule has 0 saturated carbocycles. The Morgan fingerprint density at radius 3 is 1.00 bits per heavy atom. The van der Waals surface area contributed by atoms with Crippen LogP contribution in [-0.4, -0.2) is 191 Å². The zero-order valence-electron chi connectivity index (χ0n) is 65.4. The zero-order chi connectivity index (χ0) is 91.3. The van der Waals surface area contributed by atoms with Gasteiger partial charge in [0.05, 0.1) is 107 Å². The van der Waals surface area contributed by atoms with Gasteiger partial charge in [-0.15, -0.1) is 45.3 Å². The fraction of sp³-hybridized carbons (Fsp3) is 0.186. The Morgan fingerprint density at radius 1 is 0.400 bits per heavy atom. The zero-order valence-corrected chi connectivity index (χ0v) is 92.5. The van der Waals surface area contributed by atoms with Gasteiger partial charge in [0.15, 0.2) is 0 Å². The molecular weight excluding hydrogens is 2590 g/mol. The number of fused-ring (bicyclic) bond motifs is 6. The quantitative estimate of drug-likeness (QED) is 0.0159. The summed E-state index contributed by atoms with van der Waals surface area (Å²) in [6.45, 7) is 7.01. The molecule has 0 fully saturated rings. The Bertz CT molecular complexity index is 6940. The molecule has 0 radical (unpaired) electrons. The Morgan fingerprint density at radius 2 is 0.692 bits per heavy atom. The number of nitrogen functional groups attached to an aromatic ring is 4. The van der Waals surface area contributed by atoms with E-state index in [0.29, 0.717) is 43.6 Å². The van der Waals surface area contributed by atoms with E-state index in [1.165, 1.54) is 84.6 Å². The van der Waals surface area contributed by atoms with Crippen molar-refractivity contribution in [1.29, 1.82) is 0 Å². The van der Waals surface area contributed by atoms with Crippen LogP contribution in [0, 0.1) is 40.5 Å². The number of halogens is 4. The predicted molar refractivity (Wildman–Crippen MR) is 544 cm³/mol. The molecule has 2 aliphatic rings. The predicted octanol–water partition coefficient (Wildman–Crippen LogP) is 20.8. The van der Waals surface area contributed by atoms with Crippen molar-refractivity contribution < 1.29 is 27.4 Å². The van der Waals surface area contributed by atoms with Crippen LogP contribution in [0.25, 0.3) is 128 Å². The van der Waals surface area contributed by atoms with Gasteiger partial charge in [0.25, 0.3) is 0 Å². The molecule has 0 saturated heterocycles. The second-order valence-electron chi connectivity index (χ2n) is 26.3. The number of nitro groups is 4. The van der Waals surface area contributed by atoms with Crippen LogP contribution in [-0.2, 0) is 7.67 Å². The molecule has 39 nitrogen and oxygen atoms in total. The topological polar surface area (TPSA) is 579 Å². The van der Waals surface area contributed by atoms with Crippen LogP contribution in [0.5, 0.6) is 0 Å². The first-order chi connectivity index (χ1) is 62.5. The minimum absolute atomic E-state index is 0. The molecule has 18 aromatic rings. The SMILES string of the molecule is Brc1ncc(-c2c3c(c(-c4cnc(Br)s4)c4n[se]nc24)N[SeH]=N3)s1.C.CCC[CH2][Sn]([CH2]CCC)([CH2]CCC)[c]1cncs1.Nc1c(N)c(-c2cncs2)c(N)c(N)c1-c1cncs1.O=[N+]([O-])c1c([N+](=O)[O-])c(-c2cncs2)c2nsnc2c1-c1cncs1.O=[N+]([O-])c1c([N+](=O)[O-])c(Br)c2nsnc2c1Br.O=[Se]=O.c1ncc(-c2c3c(c(-c4cncs4)c4n[se]nc24)N[SeH]=N3)s1. The number of hydrogen-bond acceptors (Lipinski definition) is 46. The average molecular weight is 2650 g/mol. The molecule has 10 N–H and O–H groups in total. The fourth-order valence-corrected chi connectivity index (χ4v) is 47.3. The molecule has 60 heteroatoms. The van der Waals surface area contributed by atoms with Crippen LogP contribution >= 0.6 is 189 Å². The maximum atomic E-state index is 11.8. The van der Waals surface area contributed by atoms with E-state index in [0.717, 1.165) is 150 Å². The summed E-state index contributed by atoms with van der Waals surface area (Å²) in [7, 11) is 0. The number of aromatic nitrogens is 17. The number of benzene rings is 5. The van der Waals surface area contributed by atoms with Crippen molar-refractivity contribution in [3.05, 3.63) is 152 Å². The molecule has 13 aromatic heterocycles.